The van der Waals surface area contributed by atoms with Gasteiger partial charge in [-0.25, -0.2) is 0 Å². The van der Waals surface area contributed by atoms with Crippen molar-refractivity contribution in [1.29, 1.82) is 0 Å². The molecule has 3 unspecified atom stereocenters. The first kappa shape index (κ1) is 64.9. The van der Waals surface area contributed by atoms with Crippen molar-refractivity contribution >= 4 is 13.7 Å². The third-order valence-corrected chi connectivity index (χ3v) is 13.2. The highest BCUT2D eigenvalue weighted by molar-refractivity contribution is 7.45. The van der Waals surface area contributed by atoms with Gasteiger partial charge in [0.2, 0.25) is 5.91 Å². The van der Waals surface area contributed by atoms with Crippen LogP contribution in [0.5, 0.6) is 0 Å². The number of aliphatic hydroxyl groups is 1. The summed E-state index contributed by atoms with van der Waals surface area (Å²) in [6.45, 7) is 4.56. The first-order chi connectivity index (χ1) is 32.5. The van der Waals surface area contributed by atoms with E-state index in [0.29, 0.717) is 23.9 Å². The van der Waals surface area contributed by atoms with Crippen molar-refractivity contribution in [2.24, 2.45) is 0 Å². The molecule has 0 rings (SSSR count). The van der Waals surface area contributed by atoms with Crippen LogP contribution in [-0.2, 0) is 18.4 Å². The fourth-order valence-electron chi connectivity index (χ4n) is 7.89. The summed E-state index contributed by atoms with van der Waals surface area (Å²) < 4.78 is 23.3. The fourth-order valence-corrected chi connectivity index (χ4v) is 8.61. The maximum absolute atomic E-state index is 12.9. The number of nitrogens with zero attached hydrogens (tertiary/aromatic N) is 1. The van der Waals surface area contributed by atoms with Crippen LogP contribution in [0.15, 0.2) is 72.9 Å². The van der Waals surface area contributed by atoms with E-state index in [2.05, 4.69) is 79.9 Å². The Bertz CT molecular complexity index is 1320. The Hall–Kier alpha value is -2.06. The van der Waals surface area contributed by atoms with Gasteiger partial charge in [-0.1, -0.05) is 254 Å². The Morgan fingerprint density at radius 1 is 0.537 bits per heavy atom. The van der Waals surface area contributed by atoms with E-state index in [-0.39, 0.29) is 25.5 Å². The summed E-state index contributed by atoms with van der Waals surface area (Å²) in [5, 5.41) is 13.9. The minimum Gasteiger partial charge on any atom is -0.756 e. The van der Waals surface area contributed by atoms with Crippen LogP contribution in [0, 0.1) is 0 Å². The van der Waals surface area contributed by atoms with E-state index >= 15 is 0 Å². The number of phosphoric ester groups is 1. The molecular formula is C58H107N2O6P. The molecule has 8 nitrogen and oxygen atoms in total. The lowest BCUT2D eigenvalue weighted by Gasteiger charge is -2.30. The van der Waals surface area contributed by atoms with Crippen LogP contribution in [0.4, 0.5) is 0 Å². The van der Waals surface area contributed by atoms with Crippen molar-refractivity contribution in [3.8, 4) is 0 Å². The van der Waals surface area contributed by atoms with Gasteiger partial charge in [0.25, 0.3) is 7.82 Å². The number of amides is 1. The van der Waals surface area contributed by atoms with Crippen LogP contribution in [0.25, 0.3) is 0 Å². The van der Waals surface area contributed by atoms with Gasteiger partial charge in [-0.2, -0.15) is 0 Å². The number of rotatable bonds is 50. The van der Waals surface area contributed by atoms with Crippen molar-refractivity contribution in [3.63, 3.8) is 0 Å². The molecule has 3 atom stereocenters. The highest BCUT2D eigenvalue weighted by Gasteiger charge is 2.24. The van der Waals surface area contributed by atoms with Crippen LogP contribution in [0.2, 0.25) is 0 Å². The van der Waals surface area contributed by atoms with Gasteiger partial charge in [0.1, 0.15) is 13.2 Å². The topological polar surface area (TPSA) is 108 Å². The lowest BCUT2D eigenvalue weighted by atomic mass is 10.0. The predicted octanol–water partition coefficient (Wildman–Crippen LogP) is 16.1. The molecule has 0 radical (unpaired) electrons. The van der Waals surface area contributed by atoms with Crippen molar-refractivity contribution in [2.45, 2.75) is 251 Å². The molecule has 0 fully saturated rings. The van der Waals surface area contributed by atoms with E-state index in [0.717, 1.165) is 57.8 Å². The zero-order chi connectivity index (χ0) is 49.2. The summed E-state index contributed by atoms with van der Waals surface area (Å²) in [4.78, 5) is 25.4. The molecule has 0 heterocycles. The summed E-state index contributed by atoms with van der Waals surface area (Å²) in [5.74, 6) is -0.246. The van der Waals surface area contributed by atoms with Crippen LogP contribution in [0.1, 0.15) is 239 Å². The van der Waals surface area contributed by atoms with Crippen molar-refractivity contribution < 1.29 is 32.9 Å². The second-order valence-corrected chi connectivity index (χ2v) is 21.3. The SMILES string of the molecule is CC/C=C\C/C=C\C/C=C\C/C=C\C/C=C\C/C=C\CCC(=O)NC(COP(=O)([O-])OCC[N+](C)(C)C)C(O)CCCCCCCCCCCCCCCCCCCCCCCCCCCC. The van der Waals surface area contributed by atoms with Gasteiger partial charge >= 0.3 is 0 Å². The van der Waals surface area contributed by atoms with E-state index in [4.69, 9.17) is 9.05 Å². The van der Waals surface area contributed by atoms with Crippen LogP contribution >= 0.6 is 7.82 Å². The summed E-state index contributed by atoms with van der Waals surface area (Å²) in [6.07, 6.45) is 66.7. The maximum Gasteiger partial charge on any atom is 0.268 e. The standard InChI is InChI=1S/C58H107N2O6P/c1-6-8-10-12-14-16-18-20-22-24-26-27-28-29-30-31-32-34-35-37-39-41-43-45-47-49-51-57(61)56(55-66-67(63,64)65-54-53-60(3,4)5)59-58(62)52-50-48-46-44-42-40-38-36-33-25-23-21-19-17-15-13-11-9-7-2/h9,11,15,17,21,23,33,36,40,42,46,48,56-57,61H,6-8,10,12-14,16,18-20,22,24-32,34-35,37-39,41,43-45,47,49-55H2,1-5H3,(H-,59,62,63,64)/b11-9-,17-15-,23-21-,36-33-,42-40-,48-46-. The molecule has 1 amide bonds. The first-order valence-electron chi connectivity index (χ1n) is 27.8. The van der Waals surface area contributed by atoms with Gasteiger partial charge in [0.05, 0.1) is 39.9 Å². The zero-order valence-corrected chi connectivity index (χ0v) is 45.2. The number of likely N-dealkylation sites (N-methyl/N-ethyl adjacent to an activating group) is 1. The van der Waals surface area contributed by atoms with Crippen molar-refractivity contribution in [1.82, 2.24) is 5.32 Å². The summed E-state index contributed by atoms with van der Waals surface area (Å²) in [5.41, 5.74) is 0. The molecule has 0 aromatic heterocycles. The molecule has 67 heavy (non-hydrogen) atoms. The van der Waals surface area contributed by atoms with E-state index < -0.39 is 20.0 Å². The van der Waals surface area contributed by atoms with E-state index in [1.54, 1.807) is 0 Å². The van der Waals surface area contributed by atoms with Gasteiger partial charge in [-0.05, 0) is 51.4 Å². The molecule has 9 heteroatoms. The Morgan fingerprint density at radius 2 is 0.881 bits per heavy atom. The second kappa shape index (κ2) is 48.9. The third-order valence-electron chi connectivity index (χ3n) is 12.2. The number of phosphoric acid groups is 1. The Balaban J connectivity index is 4.27. The monoisotopic (exact) mass is 959 g/mol. The normalized spacial score (nSPS) is 14.6. The molecule has 0 aromatic carbocycles. The number of allylic oxidation sites excluding steroid dienone is 12. The maximum atomic E-state index is 12.9. The Morgan fingerprint density at radius 3 is 1.24 bits per heavy atom. The quantitative estimate of drug-likeness (QED) is 0.0272. The molecule has 0 aliphatic carbocycles. The number of carbonyl (C=O) groups is 1. The second-order valence-electron chi connectivity index (χ2n) is 19.9. The molecule has 0 aliphatic heterocycles. The van der Waals surface area contributed by atoms with Crippen LogP contribution in [0.3, 0.4) is 0 Å². The van der Waals surface area contributed by atoms with E-state index in [1.807, 2.05) is 33.3 Å². The summed E-state index contributed by atoms with van der Waals surface area (Å²) >= 11 is 0. The number of quaternary nitrogens is 1. The molecular weight excluding hydrogens is 852 g/mol. The molecule has 0 aliphatic rings. The summed E-state index contributed by atoms with van der Waals surface area (Å²) in [6, 6.07) is -0.846. The molecule has 2 N–H and O–H groups in total. The third kappa shape index (κ3) is 51.6. The van der Waals surface area contributed by atoms with Crippen molar-refractivity contribution in [3.05, 3.63) is 72.9 Å². The fraction of sp³-hybridized carbons (Fsp3) is 0.776. The van der Waals surface area contributed by atoms with Crippen LogP contribution in [-0.4, -0.2) is 68.5 Å². The number of nitrogens with one attached hydrogen (secondary N) is 1. The number of hydrogen-bond acceptors (Lipinski definition) is 6. The lowest BCUT2D eigenvalue weighted by molar-refractivity contribution is -0.870. The Labute approximate surface area is 414 Å². The van der Waals surface area contributed by atoms with Crippen molar-refractivity contribution in [2.75, 3.05) is 40.9 Å². The Kier molecular flexibility index (Phi) is 47.4. The van der Waals surface area contributed by atoms with E-state index in [1.165, 1.54) is 148 Å². The highest BCUT2D eigenvalue weighted by atomic mass is 31.2. The molecule has 390 valence electrons. The summed E-state index contributed by atoms with van der Waals surface area (Å²) in [7, 11) is 1.25. The zero-order valence-electron chi connectivity index (χ0n) is 44.3. The minimum absolute atomic E-state index is 0.00456. The van der Waals surface area contributed by atoms with Crippen LogP contribution < -0.4 is 10.2 Å². The average Bonchev–Trinajstić information content (AvgIpc) is 3.29. The number of aliphatic hydroxyl groups excluding tert-OH is 1. The molecule has 0 aromatic rings. The van der Waals surface area contributed by atoms with Gasteiger partial charge in [-0.15, -0.1) is 0 Å². The first-order valence-corrected chi connectivity index (χ1v) is 29.2. The van der Waals surface area contributed by atoms with Gasteiger partial charge in [-0.3, -0.25) is 9.36 Å². The predicted molar refractivity (Wildman–Crippen MR) is 288 cm³/mol. The molecule has 0 spiro atoms. The van der Waals surface area contributed by atoms with Gasteiger partial charge in [0.15, 0.2) is 0 Å². The number of hydrogen-bond donors (Lipinski definition) is 2. The molecule has 0 saturated heterocycles. The van der Waals surface area contributed by atoms with Gasteiger partial charge in [0, 0.05) is 6.42 Å². The lowest BCUT2D eigenvalue weighted by Crippen LogP contribution is -2.46. The van der Waals surface area contributed by atoms with Gasteiger partial charge < -0.3 is 28.8 Å². The molecule has 0 saturated carbocycles. The highest BCUT2D eigenvalue weighted by Crippen LogP contribution is 2.38. The smallest absolute Gasteiger partial charge is 0.268 e. The largest absolute Gasteiger partial charge is 0.756 e. The molecule has 0 bridgehead atoms. The number of unbranched alkanes of at least 4 members (excludes halogenated alkanes) is 25. The number of carbonyl (C=O) groups excluding carboxylic acids is 1. The average molecular weight is 959 g/mol. The van der Waals surface area contributed by atoms with E-state index in [9.17, 15) is 19.4 Å². The minimum atomic E-state index is -4.60.